The molecule has 2 bridgehead atoms. The van der Waals surface area contributed by atoms with E-state index < -0.39 is 0 Å². The van der Waals surface area contributed by atoms with Crippen LogP contribution in [0.5, 0.6) is 5.75 Å². The Kier molecular flexibility index (Phi) is 2.40. The first-order valence-electron chi connectivity index (χ1n) is 5.89. The van der Waals surface area contributed by atoms with Gasteiger partial charge in [-0.15, -0.1) is 0 Å². The second kappa shape index (κ2) is 3.91. The van der Waals surface area contributed by atoms with E-state index in [9.17, 15) is 5.11 Å². The Bertz CT molecular complexity index is 416. The molecule has 0 spiro atoms. The summed E-state index contributed by atoms with van der Waals surface area (Å²) in [5.41, 5.74) is 0.975. The Morgan fingerprint density at radius 1 is 1.38 bits per heavy atom. The van der Waals surface area contributed by atoms with E-state index in [-0.39, 0.29) is 5.75 Å². The lowest BCUT2D eigenvalue weighted by Gasteiger charge is -2.15. The topological polar surface area (TPSA) is 45.2 Å². The Hall–Kier alpha value is -1.35. The summed E-state index contributed by atoms with van der Waals surface area (Å²) in [7, 11) is 0. The van der Waals surface area contributed by atoms with E-state index in [4.69, 9.17) is 0 Å². The van der Waals surface area contributed by atoms with Crippen LogP contribution in [0.1, 0.15) is 24.8 Å². The highest BCUT2D eigenvalue weighted by Gasteiger charge is 2.37. The highest BCUT2D eigenvalue weighted by molar-refractivity contribution is 5.50. The first kappa shape index (κ1) is 9.85. The molecule has 2 fully saturated rings. The minimum atomic E-state index is 0.230. The highest BCUT2D eigenvalue weighted by Crippen LogP contribution is 2.34. The van der Waals surface area contributed by atoms with Crippen LogP contribution in [0.4, 0.5) is 0 Å². The van der Waals surface area contributed by atoms with Gasteiger partial charge >= 0.3 is 0 Å². The average Bonchev–Trinajstić information content (AvgIpc) is 2.88. The molecule has 2 N–H and O–H groups in total. The SMILES string of the molecule is Oc1cncc(C=CC2CC3CCC2N3)c1. The van der Waals surface area contributed by atoms with E-state index in [0.29, 0.717) is 12.0 Å². The summed E-state index contributed by atoms with van der Waals surface area (Å²) in [5.74, 6) is 0.884. The zero-order chi connectivity index (χ0) is 11.0. The van der Waals surface area contributed by atoms with Gasteiger partial charge in [0.05, 0.1) is 6.20 Å². The van der Waals surface area contributed by atoms with Crippen molar-refractivity contribution in [2.45, 2.75) is 31.3 Å². The number of pyridine rings is 1. The van der Waals surface area contributed by atoms with Crippen LogP contribution >= 0.6 is 0 Å². The Morgan fingerprint density at radius 3 is 3.00 bits per heavy atom. The van der Waals surface area contributed by atoms with Crippen LogP contribution in [-0.2, 0) is 0 Å². The van der Waals surface area contributed by atoms with Crippen molar-refractivity contribution in [1.29, 1.82) is 0 Å². The first-order chi connectivity index (χ1) is 7.81. The molecular weight excluding hydrogens is 200 g/mol. The first-order valence-corrected chi connectivity index (χ1v) is 5.89. The lowest BCUT2D eigenvalue weighted by atomic mass is 9.89. The largest absolute Gasteiger partial charge is 0.506 e. The minimum Gasteiger partial charge on any atom is -0.506 e. The summed E-state index contributed by atoms with van der Waals surface area (Å²) >= 11 is 0. The van der Waals surface area contributed by atoms with E-state index in [1.165, 1.54) is 25.5 Å². The molecule has 2 aliphatic heterocycles. The lowest BCUT2D eigenvalue weighted by molar-refractivity contribution is 0.472. The molecule has 0 aliphatic carbocycles. The van der Waals surface area contributed by atoms with Gasteiger partial charge in [-0.05, 0) is 36.8 Å². The van der Waals surface area contributed by atoms with Crippen molar-refractivity contribution in [2.75, 3.05) is 0 Å². The molecule has 3 heterocycles. The fourth-order valence-corrected chi connectivity index (χ4v) is 2.85. The maximum Gasteiger partial charge on any atom is 0.134 e. The zero-order valence-electron chi connectivity index (χ0n) is 9.13. The molecule has 0 amide bonds. The van der Waals surface area contributed by atoms with Crippen molar-refractivity contribution in [1.82, 2.24) is 10.3 Å². The maximum absolute atomic E-state index is 9.30. The summed E-state index contributed by atoms with van der Waals surface area (Å²) in [6.07, 6.45) is 11.5. The molecule has 3 rings (SSSR count). The summed E-state index contributed by atoms with van der Waals surface area (Å²) < 4.78 is 0. The molecular formula is C13H16N2O. The number of nitrogens with one attached hydrogen (secondary N) is 1. The number of aromatic hydroxyl groups is 1. The van der Waals surface area contributed by atoms with Crippen molar-refractivity contribution in [3.05, 3.63) is 30.1 Å². The second-order valence-corrected chi connectivity index (χ2v) is 4.78. The van der Waals surface area contributed by atoms with Crippen molar-refractivity contribution in [3.8, 4) is 5.75 Å². The van der Waals surface area contributed by atoms with Gasteiger partial charge in [0.2, 0.25) is 0 Å². The van der Waals surface area contributed by atoms with Gasteiger partial charge in [-0.2, -0.15) is 0 Å². The van der Waals surface area contributed by atoms with Crippen LogP contribution in [0.15, 0.2) is 24.5 Å². The van der Waals surface area contributed by atoms with E-state index in [2.05, 4.69) is 22.5 Å². The molecule has 3 atom stereocenters. The van der Waals surface area contributed by atoms with Crippen LogP contribution in [0.3, 0.4) is 0 Å². The molecule has 3 nitrogen and oxygen atoms in total. The van der Waals surface area contributed by atoms with Gasteiger partial charge in [0.25, 0.3) is 0 Å². The predicted octanol–water partition coefficient (Wildman–Crippen LogP) is 1.94. The third kappa shape index (κ3) is 1.83. The molecule has 3 heteroatoms. The molecule has 2 aliphatic rings. The van der Waals surface area contributed by atoms with Gasteiger partial charge < -0.3 is 10.4 Å². The number of rotatable bonds is 2. The summed E-state index contributed by atoms with van der Waals surface area (Å²) in [5, 5.41) is 12.9. The molecule has 0 radical (unpaired) electrons. The monoisotopic (exact) mass is 216 g/mol. The average molecular weight is 216 g/mol. The van der Waals surface area contributed by atoms with E-state index in [1.807, 2.05) is 0 Å². The van der Waals surface area contributed by atoms with Gasteiger partial charge in [-0.25, -0.2) is 0 Å². The van der Waals surface area contributed by atoms with Crippen LogP contribution in [0.2, 0.25) is 0 Å². The van der Waals surface area contributed by atoms with Crippen molar-refractivity contribution >= 4 is 6.08 Å². The quantitative estimate of drug-likeness (QED) is 0.794. The molecule has 0 aromatic carbocycles. The number of hydrogen-bond acceptors (Lipinski definition) is 3. The number of hydrogen-bond donors (Lipinski definition) is 2. The molecule has 16 heavy (non-hydrogen) atoms. The van der Waals surface area contributed by atoms with Gasteiger partial charge in [-0.1, -0.05) is 12.2 Å². The molecule has 2 saturated heterocycles. The molecule has 1 aromatic heterocycles. The third-order valence-electron chi connectivity index (χ3n) is 3.63. The summed E-state index contributed by atoms with van der Waals surface area (Å²) in [4.78, 5) is 3.96. The number of fused-ring (bicyclic) bond motifs is 2. The van der Waals surface area contributed by atoms with E-state index >= 15 is 0 Å². The highest BCUT2D eigenvalue weighted by atomic mass is 16.3. The standard InChI is InChI=1S/C13H16N2O/c16-12-5-9(7-14-8-12)1-2-10-6-11-3-4-13(10)15-11/h1-2,5,7-8,10-11,13,15-16H,3-4,6H2. The fraction of sp³-hybridized carbons (Fsp3) is 0.462. The third-order valence-corrected chi connectivity index (χ3v) is 3.63. The fourth-order valence-electron chi connectivity index (χ4n) is 2.85. The molecule has 1 aromatic rings. The predicted molar refractivity (Wildman–Crippen MR) is 63.0 cm³/mol. The van der Waals surface area contributed by atoms with E-state index in [1.54, 1.807) is 12.3 Å². The Balaban J connectivity index is 1.70. The second-order valence-electron chi connectivity index (χ2n) is 4.78. The zero-order valence-corrected chi connectivity index (χ0v) is 9.13. The van der Waals surface area contributed by atoms with Crippen molar-refractivity contribution in [3.63, 3.8) is 0 Å². The minimum absolute atomic E-state index is 0.230. The Morgan fingerprint density at radius 2 is 2.31 bits per heavy atom. The van der Waals surface area contributed by atoms with Crippen molar-refractivity contribution in [2.24, 2.45) is 5.92 Å². The van der Waals surface area contributed by atoms with Gasteiger partial charge in [0, 0.05) is 18.3 Å². The van der Waals surface area contributed by atoms with Crippen LogP contribution < -0.4 is 5.32 Å². The number of aromatic nitrogens is 1. The summed E-state index contributed by atoms with van der Waals surface area (Å²) in [6, 6.07) is 3.15. The van der Waals surface area contributed by atoms with Gasteiger partial charge in [0.15, 0.2) is 0 Å². The Labute approximate surface area is 95.2 Å². The van der Waals surface area contributed by atoms with Gasteiger partial charge in [-0.3, -0.25) is 4.98 Å². The molecule has 0 saturated carbocycles. The smallest absolute Gasteiger partial charge is 0.134 e. The van der Waals surface area contributed by atoms with Crippen LogP contribution in [0.25, 0.3) is 6.08 Å². The molecule has 3 unspecified atom stereocenters. The lowest BCUT2D eigenvalue weighted by Crippen LogP contribution is -2.21. The number of nitrogens with zero attached hydrogens (tertiary/aromatic N) is 1. The van der Waals surface area contributed by atoms with Crippen LogP contribution in [-0.4, -0.2) is 22.2 Å². The maximum atomic E-state index is 9.30. The van der Waals surface area contributed by atoms with Crippen LogP contribution in [0, 0.1) is 5.92 Å². The van der Waals surface area contributed by atoms with Gasteiger partial charge in [0.1, 0.15) is 5.75 Å². The van der Waals surface area contributed by atoms with E-state index in [0.717, 1.165) is 11.6 Å². The summed E-state index contributed by atoms with van der Waals surface area (Å²) in [6.45, 7) is 0. The molecule has 84 valence electrons. The van der Waals surface area contributed by atoms with Crippen molar-refractivity contribution < 1.29 is 5.11 Å². The normalized spacial score (nSPS) is 32.6.